The highest BCUT2D eigenvalue weighted by Crippen LogP contribution is 2.34. The van der Waals surface area contributed by atoms with E-state index in [-0.39, 0.29) is 56.4 Å². The van der Waals surface area contributed by atoms with Crippen LogP contribution in [0.15, 0.2) is 66.9 Å². The zero-order chi connectivity index (χ0) is 27.3. The minimum absolute atomic E-state index is 0.0213. The molecule has 39 heavy (non-hydrogen) atoms. The van der Waals surface area contributed by atoms with Crippen LogP contribution in [-0.2, 0) is 0 Å². The highest BCUT2D eigenvalue weighted by atomic mass is 35.5. The number of fused-ring (bicyclic) bond motifs is 2. The van der Waals surface area contributed by atoms with Crippen LogP contribution >= 0.6 is 23.2 Å². The number of aliphatic hydroxyl groups excluding tert-OH is 1. The van der Waals surface area contributed by atoms with Crippen LogP contribution in [0.5, 0.6) is 0 Å². The first-order valence-corrected chi connectivity index (χ1v) is 12.9. The number of amides is 2. The predicted octanol–water partition coefficient (Wildman–Crippen LogP) is 3.79. The maximum atomic E-state index is 14.4. The van der Waals surface area contributed by atoms with Gasteiger partial charge in [0.2, 0.25) is 0 Å². The van der Waals surface area contributed by atoms with Crippen molar-refractivity contribution in [2.45, 2.75) is 18.2 Å². The Morgan fingerprint density at radius 2 is 1.87 bits per heavy atom. The fraction of sp³-hybridized carbons (Fsp3) is 0.185. The standard InChI is InChI=1S/C27H21Cl2FN6O3/c28-17-10-18(29)16(9-15(17)24-19(30)7-4-8-31-24)26(38)33-23-11-20(34-36(23)14-5-2-1-3-6-14)27(39)35-13-21-25(37)22(35)12-32-21/h1-11,21-22,25,32,37H,12-13H2,(H,33,38)/t21-,22-,25?/m0/s1. The van der Waals surface area contributed by atoms with Crippen molar-refractivity contribution in [2.75, 3.05) is 18.4 Å². The summed E-state index contributed by atoms with van der Waals surface area (Å²) >= 11 is 12.7. The van der Waals surface area contributed by atoms with E-state index in [4.69, 9.17) is 23.2 Å². The van der Waals surface area contributed by atoms with Crippen LogP contribution < -0.4 is 10.6 Å². The summed E-state index contributed by atoms with van der Waals surface area (Å²) in [7, 11) is 0. The Hall–Kier alpha value is -3.83. The SMILES string of the molecule is O=C(Nc1cc(C(=O)N2C[C@@H]3NC[C@H]2C3O)nn1-c1ccccc1)c1cc(-c2ncccc2F)c(Cl)cc1Cl. The fourth-order valence-electron chi connectivity index (χ4n) is 4.99. The second-order valence-corrected chi connectivity index (χ2v) is 10.1. The summed E-state index contributed by atoms with van der Waals surface area (Å²) in [6, 6.07) is 15.4. The number of benzene rings is 2. The number of rotatable bonds is 5. The summed E-state index contributed by atoms with van der Waals surface area (Å²) in [5.41, 5.74) is 0.920. The molecule has 0 aliphatic carbocycles. The molecule has 2 aromatic carbocycles. The first kappa shape index (κ1) is 25.4. The normalized spacial score (nSPS) is 19.9. The molecule has 9 nitrogen and oxygen atoms in total. The van der Waals surface area contributed by atoms with Crippen LogP contribution in [0.3, 0.4) is 0 Å². The Bertz CT molecular complexity index is 1600. The van der Waals surface area contributed by atoms with Gasteiger partial charge in [-0.2, -0.15) is 5.10 Å². The van der Waals surface area contributed by atoms with E-state index in [0.717, 1.165) is 0 Å². The molecule has 6 rings (SSSR count). The van der Waals surface area contributed by atoms with Gasteiger partial charge in [0.1, 0.15) is 17.3 Å². The lowest BCUT2D eigenvalue weighted by Crippen LogP contribution is -2.46. The maximum Gasteiger partial charge on any atom is 0.274 e. The lowest BCUT2D eigenvalue weighted by atomic mass is 10.1. The van der Waals surface area contributed by atoms with E-state index in [1.165, 1.54) is 41.2 Å². The van der Waals surface area contributed by atoms with E-state index >= 15 is 0 Å². The van der Waals surface area contributed by atoms with E-state index in [2.05, 4.69) is 20.7 Å². The van der Waals surface area contributed by atoms with Gasteiger partial charge in [0, 0.05) is 30.9 Å². The highest BCUT2D eigenvalue weighted by molar-refractivity contribution is 6.38. The van der Waals surface area contributed by atoms with E-state index in [0.29, 0.717) is 18.8 Å². The van der Waals surface area contributed by atoms with Crippen molar-refractivity contribution in [3.8, 4) is 16.9 Å². The van der Waals surface area contributed by atoms with E-state index in [1.807, 2.05) is 6.07 Å². The molecule has 0 radical (unpaired) electrons. The molecule has 1 unspecified atom stereocenters. The molecule has 2 aliphatic rings. The number of pyridine rings is 1. The van der Waals surface area contributed by atoms with Gasteiger partial charge >= 0.3 is 0 Å². The van der Waals surface area contributed by atoms with Crippen molar-refractivity contribution >= 4 is 40.8 Å². The highest BCUT2D eigenvalue weighted by Gasteiger charge is 2.48. The van der Waals surface area contributed by atoms with E-state index in [1.54, 1.807) is 29.2 Å². The molecule has 3 atom stereocenters. The lowest BCUT2D eigenvalue weighted by molar-refractivity contribution is 0.0658. The van der Waals surface area contributed by atoms with Crippen molar-refractivity contribution in [2.24, 2.45) is 0 Å². The molecule has 2 amide bonds. The number of halogens is 3. The number of nitrogens with zero attached hydrogens (tertiary/aromatic N) is 4. The van der Waals surface area contributed by atoms with Crippen molar-refractivity contribution < 1.29 is 19.1 Å². The number of hydrogen-bond donors (Lipinski definition) is 3. The predicted molar refractivity (Wildman–Crippen MR) is 144 cm³/mol. The minimum atomic E-state index is -0.644. The van der Waals surface area contributed by atoms with Gasteiger partial charge in [0.25, 0.3) is 11.8 Å². The largest absolute Gasteiger partial charge is 0.389 e. The van der Waals surface area contributed by atoms with Crippen molar-refractivity contribution in [1.29, 1.82) is 0 Å². The molecule has 3 N–H and O–H groups in total. The average Bonchev–Trinajstić information content (AvgIpc) is 3.61. The monoisotopic (exact) mass is 566 g/mol. The third-order valence-corrected chi connectivity index (χ3v) is 7.56. The number of hydrogen-bond acceptors (Lipinski definition) is 6. The zero-order valence-electron chi connectivity index (χ0n) is 20.2. The van der Waals surface area contributed by atoms with Crippen LogP contribution in [0, 0.1) is 5.82 Å². The summed E-state index contributed by atoms with van der Waals surface area (Å²) in [4.78, 5) is 32.5. The third kappa shape index (κ3) is 4.55. The molecule has 0 spiro atoms. The first-order chi connectivity index (χ1) is 18.8. The van der Waals surface area contributed by atoms with Gasteiger partial charge in [-0.05, 0) is 36.4 Å². The van der Waals surface area contributed by atoms with Gasteiger partial charge in [0.05, 0.1) is 39.5 Å². The summed E-state index contributed by atoms with van der Waals surface area (Å²) in [5, 5.41) is 21.0. The van der Waals surface area contributed by atoms with Gasteiger partial charge in [-0.15, -0.1) is 0 Å². The number of anilines is 1. The van der Waals surface area contributed by atoms with Gasteiger partial charge < -0.3 is 20.6 Å². The van der Waals surface area contributed by atoms with E-state index in [9.17, 15) is 19.1 Å². The van der Waals surface area contributed by atoms with Gasteiger partial charge in [-0.3, -0.25) is 14.6 Å². The average molecular weight is 567 g/mol. The zero-order valence-corrected chi connectivity index (χ0v) is 21.7. The van der Waals surface area contributed by atoms with Gasteiger partial charge in [-0.25, -0.2) is 9.07 Å². The number of nitrogens with one attached hydrogen (secondary N) is 2. The summed E-state index contributed by atoms with van der Waals surface area (Å²) in [5.74, 6) is -1.36. The molecule has 2 fully saturated rings. The number of para-hydroxylation sites is 1. The molecule has 2 aliphatic heterocycles. The molecule has 2 bridgehead atoms. The molecule has 198 valence electrons. The van der Waals surface area contributed by atoms with Crippen LogP contribution in [0.4, 0.5) is 10.2 Å². The Morgan fingerprint density at radius 3 is 2.56 bits per heavy atom. The molecule has 2 aromatic heterocycles. The van der Waals surface area contributed by atoms with Gasteiger partial charge in [-0.1, -0.05) is 41.4 Å². The summed E-state index contributed by atoms with van der Waals surface area (Å²) in [6.07, 6.45) is 0.774. The lowest BCUT2D eigenvalue weighted by Gasteiger charge is -2.26. The molecular formula is C27H21Cl2FN6O3. The topological polar surface area (TPSA) is 112 Å². The number of aliphatic hydroxyl groups is 1. The van der Waals surface area contributed by atoms with Crippen molar-refractivity contribution in [1.82, 2.24) is 25.0 Å². The second kappa shape index (κ2) is 10.0. The van der Waals surface area contributed by atoms with Crippen LogP contribution in [0.1, 0.15) is 20.8 Å². The Kier molecular flexibility index (Phi) is 6.56. The Balaban J connectivity index is 1.35. The second-order valence-electron chi connectivity index (χ2n) is 9.29. The van der Waals surface area contributed by atoms with Crippen LogP contribution in [0.2, 0.25) is 10.0 Å². The fourth-order valence-corrected chi connectivity index (χ4v) is 5.55. The first-order valence-electron chi connectivity index (χ1n) is 12.1. The summed E-state index contributed by atoms with van der Waals surface area (Å²) < 4.78 is 15.9. The molecule has 12 heteroatoms. The maximum absolute atomic E-state index is 14.4. The Morgan fingerprint density at radius 1 is 1.08 bits per heavy atom. The number of likely N-dealkylation sites (tertiary alicyclic amines) is 1. The number of aromatic nitrogens is 3. The number of carbonyl (C=O) groups excluding carboxylic acids is 2. The quantitative estimate of drug-likeness (QED) is 0.339. The third-order valence-electron chi connectivity index (χ3n) is 6.94. The van der Waals surface area contributed by atoms with Crippen LogP contribution in [-0.4, -0.2) is 67.9 Å². The van der Waals surface area contributed by atoms with E-state index < -0.39 is 17.8 Å². The number of piperazine rings is 1. The minimum Gasteiger partial charge on any atom is -0.389 e. The van der Waals surface area contributed by atoms with Crippen molar-refractivity contribution in [3.05, 3.63) is 94.0 Å². The smallest absolute Gasteiger partial charge is 0.274 e. The van der Waals surface area contributed by atoms with Crippen molar-refractivity contribution in [3.63, 3.8) is 0 Å². The molecule has 0 saturated carbocycles. The molecule has 2 saturated heterocycles. The summed E-state index contributed by atoms with van der Waals surface area (Å²) in [6.45, 7) is 0.854. The van der Waals surface area contributed by atoms with Crippen LogP contribution in [0.25, 0.3) is 16.9 Å². The van der Waals surface area contributed by atoms with Gasteiger partial charge in [0.15, 0.2) is 5.69 Å². The molecule has 4 heterocycles. The molecule has 4 aromatic rings. The Labute approximate surface area is 232 Å². The molecular weight excluding hydrogens is 546 g/mol. The number of carbonyl (C=O) groups is 2.